The van der Waals surface area contributed by atoms with Crippen molar-refractivity contribution < 1.29 is 18.8 Å². The van der Waals surface area contributed by atoms with Crippen LogP contribution in [0, 0.1) is 0 Å². The van der Waals surface area contributed by atoms with Gasteiger partial charge in [-0.3, -0.25) is 9.79 Å². The lowest BCUT2D eigenvalue weighted by atomic mass is 9.99. The standard InChI is InChI=1S/C24H24ClN5O4/c1-24(2)12-17-19(33-15-5-6-16(18(25)11-15)22-28-13-32-30-22)9-14(10-20(17)34-24)23(31)29-21(27-4)7-8-26-3/h5-11,13,27H,12H2,1-4H3,(H,29,31). The molecule has 0 saturated carbocycles. The summed E-state index contributed by atoms with van der Waals surface area (Å²) < 4.78 is 17.1. The maximum atomic E-state index is 13.0. The molecule has 34 heavy (non-hydrogen) atoms. The number of nitrogens with one attached hydrogen (secondary N) is 2. The van der Waals surface area contributed by atoms with Gasteiger partial charge in [0, 0.05) is 49.5 Å². The number of nitrogens with zero attached hydrogens (tertiary/aromatic N) is 3. The normalized spacial score (nSPS) is 14.6. The van der Waals surface area contributed by atoms with Gasteiger partial charge in [-0.05, 0) is 44.2 Å². The fourth-order valence-corrected chi connectivity index (χ4v) is 3.81. The molecule has 1 aromatic heterocycles. The Hall–Kier alpha value is -3.85. The molecule has 2 heterocycles. The van der Waals surface area contributed by atoms with Crippen LogP contribution >= 0.6 is 11.6 Å². The fourth-order valence-electron chi connectivity index (χ4n) is 3.55. The van der Waals surface area contributed by atoms with E-state index in [1.807, 2.05) is 13.8 Å². The summed E-state index contributed by atoms with van der Waals surface area (Å²) >= 11 is 6.43. The molecule has 4 rings (SSSR count). The number of benzene rings is 2. The number of hydrogen-bond acceptors (Lipinski definition) is 8. The van der Waals surface area contributed by atoms with E-state index in [1.165, 1.54) is 6.39 Å². The van der Waals surface area contributed by atoms with Crippen LogP contribution in [0.5, 0.6) is 17.2 Å². The average Bonchev–Trinajstić information content (AvgIpc) is 3.43. The van der Waals surface area contributed by atoms with Crippen LogP contribution in [-0.2, 0) is 6.42 Å². The summed E-state index contributed by atoms with van der Waals surface area (Å²) in [6.45, 7) is 3.97. The van der Waals surface area contributed by atoms with E-state index in [0.29, 0.717) is 51.5 Å². The maximum Gasteiger partial charge on any atom is 0.257 e. The first-order valence-corrected chi connectivity index (χ1v) is 10.9. The topological polar surface area (TPSA) is 111 Å². The van der Waals surface area contributed by atoms with E-state index in [2.05, 4.69) is 25.8 Å². The van der Waals surface area contributed by atoms with Gasteiger partial charge in [-0.1, -0.05) is 16.8 Å². The van der Waals surface area contributed by atoms with E-state index in [1.54, 1.807) is 56.7 Å². The smallest absolute Gasteiger partial charge is 0.257 e. The number of carbonyl (C=O) groups excluding carboxylic acids is 1. The zero-order chi connectivity index (χ0) is 24.3. The van der Waals surface area contributed by atoms with Crippen molar-refractivity contribution in [2.75, 3.05) is 14.1 Å². The average molecular weight is 482 g/mol. The molecule has 1 aliphatic rings. The number of rotatable bonds is 7. The summed E-state index contributed by atoms with van der Waals surface area (Å²) in [5.74, 6) is 2.18. The molecule has 2 aromatic carbocycles. The summed E-state index contributed by atoms with van der Waals surface area (Å²) in [4.78, 5) is 20.9. The van der Waals surface area contributed by atoms with E-state index >= 15 is 0 Å². The number of allylic oxidation sites excluding steroid dienone is 1. The highest BCUT2D eigenvalue weighted by Crippen LogP contribution is 2.43. The third kappa shape index (κ3) is 5.04. The predicted molar refractivity (Wildman–Crippen MR) is 129 cm³/mol. The number of aromatic nitrogens is 2. The molecule has 0 aliphatic carbocycles. The second kappa shape index (κ2) is 9.56. The Bertz CT molecular complexity index is 1270. The highest BCUT2D eigenvalue weighted by Gasteiger charge is 2.34. The molecular formula is C24H24ClN5O4. The van der Waals surface area contributed by atoms with Crippen molar-refractivity contribution in [3.05, 3.63) is 64.8 Å². The predicted octanol–water partition coefficient (Wildman–Crippen LogP) is 4.39. The van der Waals surface area contributed by atoms with E-state index in [9.17, 15) is 4.79 Å². The first-order chi connectivity index (χ1) is 16.3. The molecule has 0 fully saturated rings. The van der Waals surface area contributed by atoms with Crippen LogP contribution in [-0.4, -0.2) is 42.0 Å². The molecule has 10 heteroatoms. The number of carbonyl (C=O) groups is 1. The summed E-state index contributed by atoms with van der Waals surface area (Å²) in [7, 11) is 3.36. The van der Waals surface area contributed by atoms with Gasteiger partial charge in [-0.2, -0.15) is 4.98 Å². The van der Waals surface area contributed by atoms with Crippen LogP contribution < -0.4 is 20.1 Å². The lowest BCUT2D eigenvalue weighted by Crippen LogP contribution is -2.29. The number of halogens is 1. The fraction of sp³-hybridized carbons (Fsp3) is 0.250. The minimum absolute atomic E-state index is 0.323. The minimum Gasteiger partial charge on any atom is -0.487 e. The van der Waals surface area contributed by atoms with Crippen LogP contribution in [0.3, 0.4) is 0 Å². The molecule has 0 saturated heterocycles. The van der Waals surface area contributed by atoms with Crippen LogP contribution in [0.25, 0.3) is 11.4 Å². The van der Waals surface area contributed by atoms with Gasteiger partial charge in [0.15, 0.2) is 0 Å². The Morgan fingerprint density at radius 2 is 2.12 bits per heavy atom. The molecule has 176 valence electrons. The molecule has 0 radical (unpaired) electrons. The van der Waals surface area contributed by atoms with Gasteiger partial charge in [0.05, 0.1) is 5.02 Å². The van der Waals surface area contributed by atoms with Gasteiger partial charge >= 0.3 is 0 Å². The Kier molecular flexibility index (Phi) is 6.56. The highest BCUT2D eigenvalue weighted by molar-refractivity contribution is 6.33. The van der Waals surface area contributed by atoms with Gasteiger partial charge in [-0.15, -0.1) is 0 Å². The van der Waals surface area contributed by atoms with Gasteiger partial charge in [-0.25, -0.2) is 0 Å². The van der Waals surface area contributed by atoms with E-state index in [0.717, 1.165) is 5.56 Å². The summed E-state index contributed by atoms with van der Waals surface area (Å²) in [5.41, 5.74) is 1.45. The zero-order valence-electron chi connectivity index (χ0n) is 19.2. The van der Waals surface area contributed by atoms with Crippen LogP contribution in [0.15, 0.2) is 58.1 Å². The molecule has 0 atom stereocenters. The zero-order valence-corrected chi connectivity index (χ0v) is 19.9. The molecule has 2 N–H and O–H groups in total. The third-order valence-electron chi connectivity index (χ3n) is 5.10. The minimum atomic E-state index is -0.427. The Labute approximate surface area is 201 Å². The number of amides is 1. The SMILES string of the molecule is CN=CC=C(NC)NC(=O)c1cc(Oc2ccc(-c3ncon3)c(Cl)c2)c2c(c1)OC(C)(C)C2. The number of ether oxygens (including phenoxy) is 2. The number of aliphatic imine (C=N–C) groups is 1. The lowest BCUT2D eigenvalue weighted by Gasteiger charge is -2.16. The van der Waals surface area contributed by atoms with Crippen molar-refractivity contribution >= 4 is 23.7 Å². The van der Waals surface area contributed by atoms with Crippen LogP contribution in [0.1, 0.15) is 29.8 Å². The lowest BCUT2D eigenvalue weighted by molar-refractivity contribution is 0.0961. The van der Waals surface area contributed by atoms with Crippen molar-refractivity contribution in [1.29, 1.82) is 0 Å². The van der Waals surface area contributed by atoms with Crippen molar-refractivity contribution in [3.8, 4) is 28.6 Å². The van der Waals surface area contributed by atoms with Gasteiger partial charge in [0.1, 0.15) is 28.7 Å². The molecule has 3 aromatic rings. The van der Waals surface area contributed by atoms with Crippen LogP contribution in [0.2, 0.25) is 5.02 Å². The first-order valence-electron chi connectivity index (χ1n) is 10.5. The third-order valence-corrected chi connectivity index (χ3v) is 5.41. The monoisotopic (exact) mass is 481 g/mol. The summed E-state index contributed by atoms with van der Waals surface area (Å²) in [6.07, 6.45) is 5.11. The van der Waals surface area contributed by atoms with Crippen molar-refractivity contribution in [2.24, 2.45) is 4.99 Å². The largest absolute Gasteiger partial charge is 0.487 e. The summed E-state index contributed by atoms with van der Waals surface area (Å²) in [5, 5.41) is 9.96. The molecule has 1 aliphatic heterocycles. The summed E-state index contributed by atoms with van der Waals surface area (Å²) in [6, 6.07) is 8.59. The highest BCUT2D eigenvalue weighted by atomic mass is 35.5. The van der Waals surface area contributed by atoms with Gasteiger partial charge in [0.2, 0.25) is 12.2 Å². The Morgan fingerprint density at radius 1 is 1.29 bits per heavy atom. The van der Waals surface area contributed by atoms with Crippen LogP contribution in [0.4, 0.5) is 0 Å². The van der Waals surface area contributed by atoms with E-state index < -0.39 is 5.60 Å². The molecule has 1 amide bonds. The Morgan fingerprint density at radius 3 is 2.79 bits per heavy atom. The number of hydrogen-bond donors (Lipinski definition) is 2. The quantitative estimate of drug-likeness (QED) is 0.481. The van der Waals surface area contributed by atoms with Gasteiger partial charge in [0.25, 0.3) is 5.91 Å². The Balaban J connectivity index is 1.66. The molecule has 9 nitrogen and oxygen atoms in total. The maximum absolute atomic E-state index is 13.0. The van der Waals surface area contributed by atoms with Crippen molar-refractivity contribution in [1.82, 2.24) is 20.8 Å². The van der Waals surface area contributed by atoms with Gasteiger partial charge < -0.3 is 24.6 Å². The second-order valence-corrected chi connectivity index (χ2v) is 8.59. The molecule has 0 bridgehead atoms. The van der Waals surface area contributed by atoms with E-state index in [-0.39, 0.29) is 5.91 Å². The second-order valence-electron chi connectivity index (χ2n) is 8.18. The number of fused-ring (bicyclic) bond motifs is 1. The first kappa shape index (κ1) is 23.3. The molecular weight excluding hydrogens is 458 g/mol. The van der Waals surface area contributed by atoms with Crippen molar-refractivity contribution in [3.63, 3.8) is 0 Å². The van der Waals surface area contributed by atoms with Crippen molar-refractivity contribution in [2.45, 2.75) is 25.9 Å². The van der Waals surface area contributed by atoms with E-state index in [4.69, 9.17) is 25.6 Å². The molecule has 0 unspecified atom stereocenters. The molecule has 0 spiro atoms.